The van der Waals surface area contributed by atoms with Crippen molar-refractivity contribution in [2.24, 2.45) is 0 Å². The Morgan fingerprint density at radius 3 is 2.72 bits per heavy atom. The van der Waals surface area contributed by atoms with Crippen LogP contribution in [0.5, 0.6) is 0 Å². The van der Waals surface area contributed by atoms with Crippen molar-refractivity contribution < 1.29 is 18.0 Å². The first-order valence-electron chi connectivity index (χ1n) is 10.4. The van der Waals surface area contributed by atoms with Gasteiger partial charge in [0.2, 0.25) is 0 Å². The number of amides is 1. The van der Waals surface area contributed by atoms with Crippen LogP contribution in [0.3, 0.4) is 0 Å². The van der Waals surface area contributed by atoms with E-state index in [0.717, 1.165) is 25.6 Å². The van der Waals surface area contributed by atoms with Crippen molar-refractivity contribution in [3.8, 4) is 0 Å². The van der Waals surface area contributed by atoms with Gasteiger partial charge in [0, 0.05) is 29.1 Å². The first kappa shape index (κ1) is 22.0. The number of likely N-dealkylation sites (tertiary alicyclic amines) is 1. The number of hydrogen-bond donors (Lipinski definition) is 2. The van der Waals surface area contributed by atoms with E-state index in [-0.39, 0.29) is 17.5 Å². The highest BCUT2D eigenvalue weighted by atomic mass is 19.3. The molecule has 1 aliphatic rings. The van der Waals surface area contributed by atoms with E-state index >= 15 is 0 Å². The zero-order valence-electron chi connectivity index (χ0n) is 17.8. The predicted octanol–water partition coefficient (Wildman–Crippen LogP) is 4.31. The van der Waals surface area contributed by atoms with Crippen LogP contribution in [0.4, 0.5) is 18.9 Å². The van der Waals surface area contributed by atoms with Gasteiger partial charge in [0.15, 0.2) is 0 Å². The number of aromatic nitrogens is 2. The van der Waals surface area contributed by atoms with Crippen molar-refractivity contribution in [1.29, 1.82) is 0 Å². The maximum absolute atomic E-state index is 14.6. The standard InChI is InChI=1S/C23H24F3N5O/c1-13(16-4-3-5-17(21(16)24)22(25)26)28-20-11-27-30-19-7-6-14(10-18(19)20)23(32)29-15-8-9-31(2)12-15/h3-7,10-11,13,15,22H,8-9,12H2,1-2H3,(H,28,30)(H,29,32)/t13-,15?/m1/s1. The average molecular weight is 443 g/mol. The second-order valence-corrected chi connectivity index (χ2v) is 8.13. The van der Waals surface area contributed by atoms with Gasteiger partial charge in [-0.3, -0.25) is 4.79 Å². The Kier molecular flexibility index (Phi) is 6.27. The van der Waals surface area contributed by atoms with Gasteiger partial charge in [-0.05, 0) is 45.1 Å². The molecule has 2 N–H and O–H groups in total. The van der Waals surface area contributed by atoms with Crippen LogP contribution < -0.4 is 10.6 Å². The lowest BCUT2D eigenvalue weighted by Gasteiger charge is -2.19. The van der Waals surface area contributed by atoms with Crippen LogP contribution in [-0.2, 0) is 0 Å². The van der Waals surface area contributed by atoms with Crippen LogP contribution in [0.1, 0.15) is 47.3 Å². The summed E-state index contributed by atoms with van der Waals surface area (Å²) in [6, 6.07) is 8.52. The van der Waals surface area contributed by atoms with E-state index in [4.69, 9.17) is 0 Å². The largest absolute Gasteiger partial charge is 0.377 e. The van der Waals surface area contributed by atoms with Crippen LogP contribution in [0.25, 0.3) is 10.9 Å². The van der Waals surface area contributed by atoms with Crippen molar-refractivity contribution in [3.05, 3.63) is 65.1 Å². The van der Waals surface area contributed by atoms with Crippen molar-refractivity contribution >= 4 is 22.5 Å². The fraction of sp³-hybridized carbons (Fsp3) is 0.348. The Morgan fingerprint density at radius 1 is 1.22 bits per heavy atom. The smallest absolute Gasteiger partial charge is 0.266 e. The van der Waals surface area contributed by atoms with Crippen molar-refractivity contribution in [1.82, 2.24) is 20.4 Å². The van der Waals surface area contributed by atoms with E-state index in [9.17, 15) is 18.0 Å². The summed E-state index contributed by atoms with van der Waals surface area (Å²) in [7, 11) is 2.01. The summed E-state index contributed by atoms with van der Waals surface area (Å²) in [5, 5.41) is 14.9. The molecule has 1 aliphatic heterocycles. The highest BCUT2D eigenvalue weighted by Gasteiger charge is 2.23. The maximum Gasteiger partial charge on any atom is 0.266 e. The summed E-state index contributed by atoms with van der Waals surface area (Å²) in [6.45, 7) is 3.42. The summed E-state index contributed by atoms with van der Waals surface area (Å²) >= 11 is 0. The molecule has 2 atom stereocenters. The first-order valence-corrected chi connectivity index (χ1v) is 10.4. The molecule has 32 heavy (non-hydrogen) atoms. The lowest BCUT2D eigenvalue weighted by atomic mass is 10.0. The van der Waals surface area contributed by atoms with Crippen LogP contribution in [-0.4, -0.2) is 47.2 Å². The quantitative estimate of drug-likeness (QED) is 0.594. The fourth-order valence-corrected chi connectivity index (χ4v) is 4.02. The van der Waals surface area contributed by atoms with Gasteiger partial charge in [-0.1, -0.05) is 18.2 Å². The third-order valence-electron chi connectivity index (χ3n) is 5.76. The minimum absolute atomic E-state index is 0.0986. The van der Waals surface area contributed by atoms with Crippen LogP contribution in [0.2, 0.25) is 0 Å². The Bertz CT molecular complexity index is 1140. The molecule has 3 aromatic rings. The molecule has 0 spiro atoms. The van der Waals surface area contributed by atoms with Crippen molar-refractivity contribution in [2.45, 2.75) is 31.9 Å². The van der Waals surface area contributed by atoms with Gasteiger partial charge in [0.05, 0.1) is 29.0 Å². The minimum atomic E-state index is -2.90. The molecular formula is C23H24F3N5O. The third-order valence-corrected chi connectivity index (χ3v) is 5.76. The van der Waals surface area contributed by atoms with E-state index in [1.807, 2.05) is 7.05 Å². The summed E-state index contributed by atoms with van der Waals surface area (Å²) in [5.74, 6) is -1.12. The number of nitrogens with one attached hydrogen (secondary N) is 2. The second kappa shape index (κ2) is 9.12. The molecule has 2 aromatic carbocycles. The summed E-state index contributed by atoms with van der Waals surface area (Å²) in [6.07, 6.45) is -0.526. The van der Waals surface area contributed by atoms with Gasteiger partial charge in [-0.25, -0.2) is 13.2 Å². The molecule has 1 fully saturated rings. The van der Waals surface area contributed by atoms with E-state index in [0.29, 0.717) is 22.2 Å². The zero-order chi connectivity index (χ0) is 22.8. The number of anilines is 1. The van der Waals surface area contributed by atoms with Gasteiger partial charge in [0.25, 0.3) is 12.3 Å². The number of benzene rings is 2. The molecule has 168 valence electrons. The number of nitrogens with zero attached hydrogens (tertiary/aromatic N) is 3. The highest BCUT2D eigenvalue weighted by Crippen LogP contribution is 2.30. The number of hydrogen-bond acceptors (Lipinski definition) is 5. The van der Waals surface area contributed by atoms with Gasteiger partial charge in [0.1, 0.15) is 5.82 Å². The molecule has 2 heterocycles. The number of carbonyl (C=O) groups excluding carboxylic acids is 1. The molecule has 0 radical (unpaired) electrons. The molecule has 1 amide bonds. The van der Waals surface area contributed by atoms with Crippen molar-refractivity contribution in [2.75, 3.05) is 25.5 Å². The second-order valence-electron chi connectivity index (χ2n) is 8.13. The monoisotopic (exact) mass is 443 g/mol. The van der Waals surface area contributed by atoms with Gasteiger partial charge < -0.3 is 15.5 Å². The van der Waals surface area contributed by atoms with E-state index in [1.165, 1.54) is 18.3 Å². The van der Waals surface area contributed by atoms with Crippen LogP contribution in [0, 0.1) is 5.82 Å². The number of rotatable bonds is 6. The molecule has 1 unspecified atom stereocenters. The first-order chi connectivity index (χ1) is 15.3. The minimum Gasteiger partial charge on any atom is -0.377 e. The summed E-state index contributed by atoms with van der Waals surface area (Å²) in [4.78, 5) is 14.9. The summed E-state index contributed by atoms with van der Waals surface area (Å²) in [5.41, 5.74) is 1.04. The average Bonchev–Trinajstić information content (AvgIpc) is 3.18. The topological polar surface area (TPSA) is 70.1 Å². The lowest BCUT2D eigenvalue weighted by molar-refractivity contribution is 0.0938. The maximum atomic E-state index is 14.6. The van der Waals surface area contributed by atoms with Crippen LogP contribution >= 0.6 is 0 Å². The number of alkyl halides is 2. The molecule has 4 rings (SSSR count). The predicted molar refractivity (Wildman–Crippen MR) is 116 cm³/mol. The number of halogens is 3. The van der Waals surface area contributed by atoms with Gasteiger partial charge in [-0.15, -0.1) is 0 Å². The third kappa shape index (κ3) is 4.52. The molecule has 0 bridgehead atoms. The molecular weight excluding hydrogens is 419 g/mol. The van der Waals surface area contributed by atoms with E-state index < -0.39 is 23.8 Å². The van der Waals surface area contributed by atoms with Crippen LogP contribution in [0.15, 0.2) is 42.6 Å². The Morgan fingerprint density at radius 2 is 2.00 bits per heavy atom. The number of fused-ring (bicyclic) bond motifs is 1. The van der Waals surface area contributed by atoms with E-state index in [1.54, 1.807) is 25.1 Å². The molecule has 1 saturated heterocycles. The SMILES string of the molecule is C[C@@H](Nc1cnnc2ccc(C(=O)NC3CCN(C)C3)cc12)c1cccc(C(F)F)c1F. The fourth-order valence-electron chi connectivity index (χ4n) is 4.02. The Balaban J connectivity index is 1.60. The number of likely N-dealkylation sites (N-methyl/N-ethyl adjacent to an activating group) is 1. The van der Waals surface area contributed by atoms with E-state index in [2.05, 4.69) is 25.7 Å². The van der Waals surface area contributed by atoms with Crippen molar-refractivity contribution in [3.63, 3.8) is 0 Å². The molecule has 0 aliphatic carbocycles. The summed E-state index contributed by atoms with van der Waals surface area (Å²) < 4.78 is 40.7. The number of carbonyl (C=O) groups is 1. The lowest BCUT2D eigenvalue weighted by Crippen LogP contribution is -2.36. The van der Waals surface area contributed by atoms with Gasteiger partial charge >= 0.3 is 0 Å². The van der Waals surface area contributed by atoms with Gasteiger partial charge in [-0.2, -0.15) is 10.2 Å². The Hall–Kier alpha value is -3.20. The Labute approximate surface area is 183 Å². The zero-order valence-corrected chi connectivity index (χ0v) is 17.8. The normalized spacial score (nSPS) is 17.6. The highest BCUT2D eigenvalue weighted by molar-refractivity contribution is 6.00. The molecule has 9 heteroatoms. The molecule has 0 saturated carbocycles. The molecule has 1 aromatic heterocycles. The molecule has 6 nitrogen and oxygen atoms in total.